The van der Waals surface area contributed by atoms with Gasteiger partial charge in [-0.05, 0) is 0 Å². The van der Waals surface area contributed by atoms with Crippen LogP contribution < -0.4 is 3.86 Å². The summed E-state index contributed by atoms with van der Waals surface area (Å²) in [4.78, 5) is 15.8. The summed E-state index contributed by atoms with van der Waals surface area (Å²) in [6.07, 6.45) is 2.06. The van der Waals surface area contributed by atoms with E-state index in [2.05, 4.69) is 75.7 Å². The van der Waals surface area contributed by atoms with Gasteiger partial charge in [-0.3, -0.25) is 0 Å². The first kappa shape index (κ1) is 22.9. The van der Waals surface area contributed by atoms with Crippen LogP contribution in [0.4, 0.5) is 11.4 Å². The first-order valence-corrected chi connectivity index (χ1v) is 11.5. The number of nitrogens with zero attached hydrogens (tertiary/aromatic N) is 2. The van der Waals surface area contributed by atoms with Crippen LogP contribution in [-0.2, 0) is 8.56 Å². The van der Waals surface area contributed by atoms with Gasteiger partial charge in [0, 0.05) is 0 Å². The fourth-order valence-electron chi connectivity index (χ4n) is 3.82. The van der Waals surface area contributed by atoms with Gasteiger partial charge in [0.25, 0.3) is 0 Å². The van der Waals surface area contributed by atoms with Gasteiger partial charge in [-0.2, -0.15) is 0 Å². The molecule has 0 aromatic heterocycles. The molecule has 0 saturated carbocycles. The van der Waals surface area contributed by atoms with Gasteiger partial charge in [0.2, 0.25) is 0 Å². The zero-order valence-electron chi connectivity index (χ0n) is 18.7. The Morgan fingerprint density at radius 1 is 0.897 bits per heavy atom. The number of aryl methyl sites for hydroxylation is 6. The van der Waals surface area contributed by atoms with E-state index in [0.29, 0.717) is 6.47 Å². The van der Waals surface area contributed by atoms with Crippen molar-refractivity contribution in [2.45, 2.75) is 55.4 Å². The Morgan fingerprint density at radius 2 is 1.38 bits per heavy atom. The molecule has 5 heteroatoms. The number of hydrogen-bond acceptors (Lipinski definition) is 4. The van der Waals surface area contributed by atoms with Gasteiger partial charge >= 0.3 is 182 Å². The van der Waals surface area contributed by atoms with E-state index in [1.165, 1.54) is 33.4 Å². The number of hydrogen-bond donors (Lipinski definition) is 0. The predicted octanol–water partition coefficient (Wildman–Crippen LogP) is 5.75. The van der Waals surface area contributed by atoms with Crippen molar-refractivity contribution in [2.24, 2.45) is 4.99 Å². The van der Waals surface area contributed by atoms with E-state index in [1.807, 2.05) is 13.8 Å². The van der Waals surface area contributed by atoms with E-state index in [4.69, 9.17) is 8.76 Å². The van der Waals surface area contributed by atoms with E-state index in [-0.39, 0.29) is 0 Å². The van der Waals surface area contributed by atoms with E-state index < -0.39 is 16.0 Å². The van der Waals surface area contributed by atoms with Gasteiger partial charge in [-0.15, -0.1) is 0 Å². The summed E-state index contributed by atoms with van der Waals surface area (Å²) in [5, 5.41) is 0. The Morgan fingerprint density at radius 3 is 1.86 bits per heavy atom. The van der Waals surface area contributed by atoms with Gasteiger partial charge in [-0.1, -0.05) is 0 Å². The van der Waals surface area contributed by atoms with Crippen LogP contribution >= 0.6 is 0 Å². The number of rotatable bonds is 7. The third-order valence-electron chi connectivity index (χ3n) is 4.75. The summed E-state index contributed by atoms with van der Waals surface area (Å²) in [6.45, 7) is 17.2. The summed E-state index contributed by atoms with van der Waals surface area (Å²) < 4.78 is 7.40. The monoisotopic (exact) mass is 452 g/mol. The van der Waals surface area contributed by atoms with Crippen LogP contribution in [0.3, 0.4) is 0 Å². The van der Waals surface area contributed by atoms with Crippen LogP contribution in [-0.4, -0.2) is 28.2 Å². The Labute approximate surface area is 181 Å². The summed E-state index contributed by atoms with van der Waals surface area (Å²) in [5.41, 5.74) is 11.2. The molecular weight excluding hydrogens is 421 g/mol. The Balaban J connectivity index is 2.47. The van der Waals surface area contributed by atoms with E-state index >= 15 is 0 Å². The fraction of sp³-hybridized carbons (Fsp3) is 0.333. The van der Waals surface area contributed by atoms with Gasteiger partial charge in [0.15, 0.2) is 0 Å². The minimum atomic E-state index is -1.13. The number of allylic oxidation sites excluding steroid dienone is 2. The Kier molecular flexibility index (Phi) is 7.85. The van der Waals surface area contributed by atoms with Crippen LogP contribution in [0, 0.1) is 41.5 Å². The molecule has 0 heterocycles. The van der Waals surface area contributed by atoms with E-state index in [9.17, 15) is 4.79 Å². The van der Waals surface area contributed by atoms with E-state index in [0.717, 1.165) is 22.8 Å². The Bertz CT molecular complexity index is 931. The molecule has 0 aliphatic heterocycles. The summed E-state index contributed by atoms with van der Waals surface area (Å²) >= 11 is -1.13. The predicted molar refractivity (Wildman–Crippen MR) is 123 cm³/mol. The second-order valence-electron chi connectivity index (χ2n) is 7.67. The molecule has 0 bridgehead atoms. The maximum atomic E-state index is 10.9. The molecule has 2 aromatic carbocycles. The third-order valence-corrected chi connectivity index (χ3v) is 6.76. The molecule has 0 amide bonds. The molecule has 152 valence electrons. The second-order valence-corrected chi connectivity index (χ2v) is 9.49. The SMILES string of the molecule is CC(/C=C(/C)[N]([Ge][O]C=O)c1c(C)cc(C)cc1C)=Nc1c(C)cc(C)cc1C. The molecule has 0 spiro atoms. The first-order chi connectivity index (χ1) is 13.6. The average molecular weight is 451 g/mol. The molecule has 2 rings (SSSR count). The first-order valence-electron chi connectivity index (χ1n) is 9.68. The maximum absolute atomic E-state index is 10.9. The molecule has 0 fully saturated rings. The molecule has 0 N–H and O–H groups in total. The molecule has 4 nitrogen and oxygen atoms in total. The topological polar surface area (TPSA) is 41.9 Å². The summed E-state index contributed by atoms with van der Waals surface area (Å²) in [6, 6.07) is 8.64. The average Bonchev–Trinajstić information content (AvgIpc) is 2.60. The van der Waals surface area contributed by atoms with Crippen molar-refractivity contribution in [2.75, 3.05) is 3.86 Å². The zero-order valence-corrected chi connectivity index (χ0v) is 20.8. The molecule has 0 aliphatic carbocycles. The van der Waals surface area contributed by atoms with Crippen molar-refractivity contribution in [3.8, 4) is 0 Å². The molecule has 2 radical (unpaired) electrons. The van der Waals surface area contributed by atoms with Crippen LogP contribution in [0.1, 0.15) is 47.2 Å². The molecular formula is C24H30GeN2O2. The molecule has 0 aliphatic rings. The third kappa shape index (κ3) is 5.83. The van der Waals surface area contributed by atoms with Crippen LogP contribution in [0.25, 0.3) is 0 Å². The van der Waals surface area contributed by atoms with Crippen molar-refractivity contribution in [3.05, 3.63) is 69.4 Å². The molecule has 0 atom stereocenters. The van der Waals surface area contributed by atoms with Crippen LogP contribution in [0.2, 0.25) is 0 Å². The van der Waals surface area contributed by atoms with Crippen molar-refractivity contribution in [1.82, 2.24) is 0 Å². The second kappa shape index (κ2) is 9.92. The number of carbonyl (C=O) groups is 1. The number of carbonyl (C=O) groups excluding carboxylic acids is 1. The van der Waals surface area contributed by atoms with Gasteiger partial charge < -0.3 is 0 Å². The van der Waals surface area contributed by atoms with Gasteiger partial charge in [0.1, 0.15) is 0 Å². The molecule has 0 unspecified atom stereocenters. The Hall–Kier alpha value is -2.34. The number of benzene rings is 2. The van der Waals surface area contributed by atoms with E-state index in [1.54, 1.807) is 0 Å². The summed E-state index contributed by atoms with van der Waals surface area (Å²) in [5.74, 6) is 0. The van der Waals surface area contributed by atoms with Crippen molar-refractivity contribution in [1.29, 1.82) is 0 Å². The molecule has 2 aromatic rings. The van der Waals surface area contributed by atoms with Crippen LogP contribution in [0.5, 0.6) is 0 Å². The van der Waals surface area contributed by atoms with Gasteiger partial charge in [0.05, 0.1) is 0 Å². The van der Waals surface area contributed by atoms with Crippen LogP contribution in [0.15, 0.2) is 41.0 Å². The van der Waals surface area contributed by atoms with Crippen molar-refractivity contribution >= 4 is 39.5 Å². The number of aliphatic imine (C=N–C) groups is 1. The number of anilines is 1. The zero-order chi connectivity index (χ0) is 21.7. The standard InChI is InChI=1S/C24H30GeN2O2/c1-15-9-17(3)23(18(4)10-15)26-21(7)13-22(8)27(25-29-14-28)24-19(5)11-16(2)12-20(24)6/h9-14H,1-8H3/b22-13-,26-21?. The van der Waals surface area contributed by atoms with Crippen molar-refractivity contribution in [3.63, 3.8) is 0 Å². The van der Waals surface area contributed by atoms with Crippen molar-refractivity contribution < 1.29 is 8.56 Å². The minimum absolute atomic E-state index is 0.541. The normalized spacial score (nSPS) is 12.1. The molecule has 0 saturated heterocycles. The fourth-order valence-corrected chi connectivity index (χ4v) is 5.50. The quantitative estimate of drug-likeness (QED) is 0.306. The van der Waals surface area contributed by atoms with Gasteiger partial charge in [-0.25, -0.2) is 0 Å². The molecule has 29 heavy (non-hydrogen) atoms. The summed E-state index contributed by atoms with van der Waals surface area (Å²) in [7, 11) is 0.